The molecule has 33 heavy (non-hydrogen) atoms. The number of rotatable bonds is 5. The topological polar surface area (TPSA) is 107 Å². The van der Waals surface area contributed by atoms with Gasteiger partial charge in [-0.15, -0.1) is 0 Å². The molecule has 2 heterocycles. The van der Waals surface area contributed by atoms with Crippen molar-refractivity contribution < 1.29 is 28.2 Å². The van der Waals surface area contributed by atoms with E-state index in [1.807, 2.05) is 30.3 Å². The monoisotopic (exact) mass is 475 g/mol. The van der Waals surface area contributed by atoms with Crippen LogP contribution in [0.25, 0.3) is 11.1 Å². The van der Waals surface area contributed by atoms with Crippen molar-refractivity contribution in [2.24, 2.45) is 10.7 Å². The first kappa shape index (κ1) is 23.9. The predicted molar refractivity (Wildman–Crippen MR) is 120 cm³/mol. The Balaban J connectivity index is 0.000000968. The van der Waals surface area contributed by atoms with Crippen molar-refractivity contribution in [3.63, 3.8) is 0 Å². The Morgan fingerprint density at radius 3 is 2.52 bits per heavy atom. The van der Waals surface area contributed by atoms with Crippen LogP contribution in [0.15, 0.2) is 65.9 Å². The normalized spacial score (nSPS) is 16.9. The van der Waals surface area contributed by atoms with E-state index in [9.17, 15) is 8.78 Å². The highest BCUT2D eigenvalue weighted by molar-refractivity contribution is 6.30. The maximum Gasteiger partial charge on any atom is 0.387 e. The summed E-state index contributed by atoms with van der Waals surface area (Å²) in [4.78, 5) is 17.1. The van der Waals surface area contributed by atoms with Crippen LogP contribution >= 0.6 is 11.6 Å². The molecule has 3 N–H and O–H groups in total. The minimum atomic E-state index is -2.89. The van der Waals surface area contributed by atoms with Crippen molar-refractivity contribution in [1.82, 2.24) is 4.98 Å². The third kappa shape index (κ3) is 5.38. The maximum atomic E-state index is 12.6. The van der Waals surface area contributed by atoms with Gasteiger partial charge < -0.3 is 20.3 Å². The molecule has 0 radical (unpaired) electrons. The van der Waals surface area contributed by atoms with E-state index in [0.717, 1.165) is 22.3 Å². The van der Waals surface area contributed by atoms with Crippen molar-refractivity contribution in [3.05, 3.63) is 82.6 Å². The molecule has 0 saturated carbocycles. The Morgan fingerprint density at radius 1 is 1.18 bits per heavy atom. The second-order valence-corrected chi connectivity index (χ2v) is 7.47. The van der Waals surface area contributed by atoms with E-state index in [1.165, 1.54) is 6.07 Å². The highest BCUT2D eigenvalue weighted by Gasteiger charge is 2.40. The van der Waals surface area contributed by atoms with Crippen LogP contribution < -0.4 is 10.5 Å². The van der Waals surface area contributed by atoms with E-state index in [2.05, 4.69) is 14.7 Å². The Kier molecular flexibility index (Phi) is 7.44. The number of alkyl halides is 2. The van der Waals surface area contributed by atoms with Gasteiger partial charge in [0.05, 0.1) is 5.02 Å². The van der Waals surface area contributed by atoms with Crippen LogP contribution in [0.2, 0.25) is 5.02 Å². The van der Waals surface area contributed by atoms with Crippen molar-refractivity contribution in [1.29, 1.82) is 0 Å². The summed E-state index contributed by atoms with van der Waals surface area (Å²) in [6.45, 7) is -1.26. The van der Waals surface area contributed by atoms with Crippen molar-refractivity contribution >= 4 is 24.1 Å². The largest absolute Gasteiger partial charge is 0.483 e. The standard InChI is InChI=1S/C22H18ClF2N3O2.CH2O2/c1-13-7-17(5-6-19(13)30-20(24)25)22(12-29-21(26)28-22)16-4-2-3-14(8-16)15-9-18(23)11-27-10-15;2-1-3/h2-11,20H,12H2,1H3,(H2,26,28);1H,(H,2,3). The molecule has 0 saturated heterocycles. The van der Waals surface area contributed by atoms with Gasteiger partial charge in [-0.1, -0.05) is 35.9 Å². The number of hydrogen-bond acceptors (Lipinski definition) is 6. The zero-order chi connectivity index (χ0) is 24.0. The van der Waals surface area contributed by atoms with Crippen molar-refractivity contribution in [2.75, 3.05) is 6.61 Å². The number of pyridine rings is 1. The van der Waals surface area contributed by atoms with Gasteiger partial charge >= 0.3 is 6.61 Å². The summed E-state index contributed by atoms with van der Waals surface area (Å²) in [7, 11) is 0. The van der Waals surface area contributed by atoms with Crippen LogP contribution in [-0.4, -0.2) is 35.8 Å². The number of carbonyl (C=O) groups is 1. The summed E-state index contributed by atoms with van der Waals surface area (Å²) in [6.07, 6.45) is 3.29. The van der Waals surface area contributed by atoms with Crippen molar-refractivity contribution in [3.8, 4) is 16.9 Å². The van der Waals surface area contributed by atoms with Crippen LogP contribution in [0, 0.1) is 6.92 Å². The molecule has 1 aromatic heterocycles. The Bertz CT molecular complexity index is 1180. The smallest absolute Gasteiger partial charge is 0.387 e. The lowest BCUT2D eigenvalue weighted by Gasteiger charge is -2.26. The molecule has 1 aliphatic heterocycles. The first-order valence-corrected chi connectivity index (χ1v) is 10.00. The number of nitrogens with zero attached hydrogens (tertiary/aromatic N) is 2. The molecule has 0 bridgehead atoms. The molecule has 2 aromatic carbocycles. The molecule has 1 atom stereocenters. The SMILES string of the molecule is Cc1cc(C2(c3cccc(-c4cncc(Cl)c4)c3)COC(N)=N2)ccc1OC(F)F.O=CO. The molecule has 172 valence electrons. The second-order valence-electron chi connectivity index (χ2n) is 7.04. The van der Waals surface area contributed by atoms with E-state index in [0.29, 0.717) is 10.6 Å². The molecule has 1 aliphatic rings. The number of aliphatic imine (C=N–C) groups is 1. The zero-order valence-electron chi connectivity index (χ0n) is 17.4. The van der Waals surface area contributed by atoms with Gasteiger partial charge in [0.25, 0.3) is 12.5 Å². The molecular formula is C23H20ClF2N3O4. The summed E-state index contributed by atoms with van der Waals surface area (Å²) in [5.74, 6) is 0.110. The predicted octanol–water partition coefficient (Wildman–Crippen LogP) is 4.60. The van der Waals surface area contributed by atoms with Gasteiger partial charge in [0.1, 0.15) is 12.4 Å². The van der Waals surface area contributed by atoms with E-state index >= 15 is 0 Å². The van der Waals surface area contributed by atoms with Crippen LogP contribution in [-0.2, 0) is 15.1 Å². The molecule has 10 heteroatoms. The van der Waals surface area contributed by atoms with Crippen LogP contribution in [0.1, 0.15) is 16.7 Å². The number of benzene rings is 2. The van der Waals surface area contributed by atoms with Crippen molar-refractivity contribution in [2.45, 2.75) is 19.1 Å². The molecular weight excluding hydrogens is 456 g/mol. The van der Waals surface area contributed by atoms with Crippen LogP contribution in [0.4, 0.5) is 8.78 Å². The fraction of sp³-hybridized carbons (Fsp3) is 0.174. The summed E-state index contributed by atoms with van der Waals surface area (Å²) < 4.78 is 35.4. The van der Waals surface area contributed by atoms with Gasteiger partial charge in [-0.3, -0.25) is 9.78 Å². The number of hydrogen-bond donors (Lipinski definition) is 2. The van der Waals surface area contributed by atoms with Gasteiger partial charge in [-0.2, -0.15) is 8.78 Å². The number of halogens is 3. The maximum absolute atomic E-state index is 12.6. The number of ether oxygens (including phenoxy) is 2. The molecule has 0 spiro atoms. The molecule has 0 fully saturated rings. The van der Waals surface area contributed by atoms with E-state index in [1.54, 1.807) is 31.5 Å². The minimum absolute atomic E-state index is 0.0652. The van der Waals surface area contributed by atoms with E-state index in [-0.39, 0.29) is 24.9 Å². The molecule has 4 rings (SSSR count). The average Bonchev–Trinajstić information content (AvgIpc) is 3.18. The molecule has 0 amide bonds. The van der Waals surface area contributed by atoms with Gasteiger partial charge in [0, 0.05) is 18.0 Å². The third-order valence-corrected chi connectivity index (χ3v) is 5.18. The quantitative estimate of drug-likeness (QED) is 0.522. The van der Waals surface area contributed by atoms with Crippen LogP contribution in [0.5, 0.6) is 5.75 Å². The van der Waals surface area contributed by atoms with E-state index < -0.39 is 12.2 Å². The zero-order valence-corrected chi connectivity index (χ0v) is 18.2. The number of nitrogens with two attached hydrogens (primary N) is 1. The Morgan fingerprint density at radius 2 is 1.91 bits per heavy atom. The highest BCUT2D eigenvalue weighted by Crippen LogP contribution is 2.40. The first-order chi connectivity index (χ1) is 15.8. The first-order valence-electron chi connectivity index (χ1n) is 9.62. The molecule has 7 nitrogen and oxygen atoms in total. The second kappa shape index (κ2) is 10.3. The number of aryl methyl sites for hydroxylation is 1. The molecule has 1 unspecified atom stereocenters. The third-order valence-electron chi connectivity index (χ3n) is 4.98. The van der Waals surface area contributed by atoms with Gasteiger partial charge in [0.2, 0.25) is 0 Å². The van der Waals surface area contributed by atoms with Gasteiger partial charge in [0.15, 0.2) is 5.54 Å². The number of carboxylic acid groups (broad SMARTS) is 1. The van der Waals surface area contributed by atoms with Crippen LogP contribution in [0.3, 0.4) is 0 Å². The summed E-state index contributed by atoms with van der Waals surface area (Å²) in [6, 6.07) is 14.6. The fourth-order valence-corrected chi connectivity index (χ4v) is 3.73. The molecule has 3 aromatic rings. The van der Waals surface area contributed by atoms with E-state index in [4.69, 9.17) is 32.0 Å². The van der Waals surface area contributed by atoms with Gasteiger partial charge in [-0.25, -0.2) is 4.99 Å². The average molecular weight is 476 g/mol. The fourth-order valence-electron chi connectivity index (χ4n) is 3.55. The lowest BCUT2D eigenvalue weighted by atomic mass is 9.82. The van der Waals surface area contributed by atoms with Gasteiger partial charge in [-0.05, 0) is 53.4 Å². The molecule has 0 aliphatic carbocycles. The summed E-state index contributed by atoms with van der Waals surface area (Å²) in [5, 5.41) is 7.42. The summed E-state index contributed by atoms with van der Waals surface area (Å²) >= 11 is 6.09. The Labute approximate surface area is 193 Å². The number of aromatic nitrogens is 1. The lowest BCUT2D eigenvalue weighted by Crippen LogP contribution is -2.27. The summed E-state index contributed by atoms with van der Waals surface area (Å²) in [5.41, 5.74) is 8.85. The highest BCUT2D eigenvalue weighted by atomic mass is 35.5. The number of amidine groups is 1. The Hall–Kier alpha value is -3.72. The minimum Gasteiger partial charge on any atom is -0.483 e. The lowest BCUT2D eigenvalue weighted by molar-refractivity contribution is -0.122.